The number of hydrogen-bond acceptors (Lipinski definition) is 8. The van der Waals surface area contributed by atoms with E-state index >= 15 is 0 Å². The van der Waals surface area contributed by atoms with Crippen LogP contribution in [0.2, 0.25) is 0 Å². The molecule has 3 heterocycles. The zero-order valence-electron chi connectivity index (χ0n) is 18.5. The van der Waals surface area contributed by atoms with E-state index in [4.69, 9.17) is 19.2 Å². The fourth-order valence-electron chi connectivity index (χ4n) is 4.15. The number of nitrogens with one attached hydrogen (secondary N) is 1. The van der Waals surface area contributed by atoms with Gasteiger partial charge in [-0.05, 0) is 37.1 Å². The Kier molecular flexibility index (Phi) is 6.65. The molecule has 1 aromatic carbocycles. The highest BCUT2D eigenvalue weighted by Crippen LogP contribution is 2.39. The Labute approximate surface area is 186 Å². The first-order valence-corrected chi connectivity index (χ1v) is 10.5. The molecule has 0 bridgehead atoms. The summed E-state index contributed by atoms with van der Waals surface area (Å²) in [5.74, 6) is 2.46. The third-order valence-corrected chi connectivity index (χ3v) is 5.62. The molecule has 9 nitrogen and oxygen atoms in total. The molecule has 1 saturated heterocycles. The average molecular weight is 438 g/mol. The van der Waals surface area contributed by atoms with Crippen molar-refractivity contribution in [3.05, 3.63) is 58.4 Å². The molecule has 0 amide bonds. The number of piperidine rings is 1. The fourth-order valence-corrected chi connectivity index (χ4v) is 4.15. The van der Waals surface area contributed by atoms with Gasteiger partial charge in [-0.2, -0.15) is 0 Å². The van der Waals surface area contributed by atoms with Gasteiger partial charge in [-0.3, -0.25) is 14.7 Å². The molecule has 0 aliphatic carbocycles. The predicted molar refractivity (Wildman–Crippen MR) is 119 cm³/mol. The molecular formula is C23H27N5O4. The molecule has 1 atom stereocenters. The number of rotatable bonds is 7. The molecule has 3 aromatic rings. The van der Waals surface area contributed by atoms with E-state index in [2.05, 4.69) is 19.9 Å². The summed E-state index contributed by atoms with van der Waals surface area (Å²) in [7, 11) is 4.83. The van der Waals surface area contributed by atoms with E-state index < -0.39 is 0 Å². The lowest BCUT2D eigenvalue weighted by Gasteiger charge is -2.32. The third kappa shape index (κ3) is 4.72. The van der Waals surface area contributed by atoms with Crippen LogP contribution < -0.4 is 19.8 Å². The Bertz CT molecular complexity index is 1090. The maximum Gasteiger partial charge on any atom is 0.251 e. The van der Waals surface area contributed by atoms with Gasteiger partial charge in [0, 0.05) is 37.5 Å². The largest absolute Gasteiger partial charge is 0.493 e. The van der Waals surface area contributed by atoms with Gasteiger partial charge in [-0.1, -0.05) is 0 Å². The van der Waals surface area contributed by atoms with E-state index in [9.17, 15) is 4.79 Å². The molecule has 1 fully saturated rings. The maximum atomic E-state index is 12.3. The van der Waals surface area contributed by atoms with Crippen molar-refractivity contribution in [3.8, 4) is 28.8 Å². The molecule has 1 aliphatic rings. The third-order valence-electron chi connectivity index (χ3n) is 5.62. The van der Waals surface area contributed by atoms with Gasteiger partial charge in [0.2, 0.25) is 5.75 Å². The minimum Gasteiger partial charge on any atom is -0.493 e. The first-order valence-electron chi connectivity index (χ1n) is 10.5. The molecule has 1 N–H and O–H groups in total. The van der Waals surface area contributed by atoms with Crippen LogP contribution in [0.3, 0.4) is 0 Å². The van der Waals surface area contributed by atoms with E-state index in [1.54, 1.807) is 46.0 Å². The lowest BCUT2D eigenvalue weighted by Crippen LogP contribution is -2.34. The summed E-state index contributed by atoms with van der Waals surface area (Å²) in [6, 6.07) is 5.54. The molecule has 0 spiro atoms. The van der Waals surface area contributed by atoms with Gasteiger partial charge >= 0.3 is 0 Å². The Morgan fingerprint density at radius 2 is 1.88 bits per heavy atom. The van der Waals surface area contributed by atoms with E-state index in [1.165, 1.54) is 0 Å². The molecule has 1 aliphatic heterocycles. The van der Waals surface area contributed by atoms with Gasteiger partial charge in [0.1, 0.15) is 5.69 Å². The summed E-state index contributed by atoms with van der Waals surface area (Å²) in [6.07, 6.45) is 6.77. The summed E-state index contributed by atoms with van der Waals surface area (Å²) in [5.41, 5.74) is 2.22. The standard InChI is InChI=1S/C23H27N5O4/c1-30-19-9-15(10-20(31-2)22(19)32-3)13-28-8-4-5-16(14-28)17-11-21(29)27-23(26-17)18-12-24-6-7-25-18/h6-7,9-12,16H,4-5,8,13-14H2,1-3H3,(H,26,27,29)/t16-/m1/s1. The topological polar surface area (TPSA) is 102 Å². The summed E-state index contributed by atoms with van der Waals surface area (Å²) in [5, 5.41) is 0. The second-order valence-electron chi connectivity index (χ2n) is 7.72. The average Bonchev–Trinajstić information content (AvgIpc) is 2.83. The molecule has 4 rings (SSSR count). The Balaban J connectivity index is 1.55. The lowest BCUT2D eigenvalue weighted by atomic mass is 9.94. The first kappa shape index (κ1) is 21.8. The molecule has 168 valence electrons. The van der Waals surface area contributed by atoms with Crippen LogP contribution in [0.15, 0.2) is 41.6 Å². The number of aromatic nitrogens is 4. The first-order chi connectivity index (χ1) is 15.6. The SMILES string of the molecule is COc1cc(CN2CCC[C@@H](c3cc(=O)[nH]c(-c4cnccn4)n3)C2)cc(OC)c1OC. The zero-order chi connectivity index (χ0) is 22.5. The molecule has 2 aromatic heterocycles. The number of ether oxygens (including phenoxy) is 3. The zero-order valence-corrected chi connectivity index (χ0v) is 18.5. The number of H-pyrrole nitrogens is 1. The van der Waals surface area contributed by atoms with Crippen molar-refractivity contribution in [2.45, 2.75) is 25.3 Å². The van der Waals surface area contributed by atoms with E-state index in [0.717, 1.165) is 43.7 Å². The summed E-state index contributed by atoms with van der Waals surface area (Å²) in [4.78, 5) is 30.5. The van der Waals surface area contributed by atoms with E-state index in [1.807, 2.05) is 12.1 Å². The Morgan fingerprint density at radius 1 is 1.09 bits per heavy atom. The highest BCUT2D eigenvalue weighted by molar-refractivity contribution is 5.53. The van der Waals surface area contributed by atoms with Crippen LogP contribution in [0.25, 0.3) is 11.5 Å². The monoisotopic (exact) mass is 437 g/mol. The molecule has 0 saturated carbocycles. The smallest absolute Gasteiger partial charge is 0.251 e. The number of likely N-dealkylation sites (tertiary alicyclic amines) is 1. The van der Waals surface area contributed by atoms with Gasteiger partial charge in [-0.25, -0.2) is 9.97 Å². The lowest BCUT2D eigenvalue weighted by molar-refractivity contribution is 0.198. The second-order valence-corrected chi connectivity index (χ2v) is 7.72. The number of nitrogens with zero attached hydrogens (tertiary/aromatic N) is 4. The number of aromatic amines is 1. The van der Waals surface area contributed by atoms with Crippen molar-refractivity contribution in [3.63, 3.8) is 0 Å². The van der Waals surface area contributed by atoms with E-state index in [-0.39, 0.29) is 11.5 Å². The van der Waals surface area contributed by atoms with Crippen molar-refractivity contribution in [2.75, 3.05) is 34.4 Å². The normalized spacial score (nSPS) is 16.5. The van der Waals surface area contributed by atoms with Crippen LogP contribution in [0.4, 0.5) is 0 Å². The Hall–Kier alpha value is -3.46. The fraction of sp³-hybridized carbons (Fsp3) is 0.391. The summed E-state index contributed by atoms with van der Waals surface area (Å²) >= 11 is 0. The van der Waals surface area contributed by atoms with E-state index in [0.29, 0.717) is 28.8 Å². The molecular weight excluding hydrogens is 410 g/mol. The molecule has 0 radical (unpaired) electrons. The van der Waals surface area contributed by atoms with Crippen molar-refractivity contribution in [2.24, 2.45) is 0 Å². The summed E-state index contributed by atoms with van der Waals surface area (Å²) in [6.45, 7) is 2.49. The van der Waals surface area contributed by atoms with Gasteiger partial charge in [0.15, 0.2) is 17.3 Å². The van der Waals surface area contributed by atoms with Crippen LogP contribution in [-0.2, 0) is 6.54 Å². The second kappa shape index (κ2) is 9.78. The van der Waals surface area contributed by atoms with Gasteiger partial charge < -0.3 is 19.2 Å². The van der Waals surface area contributed by atoms with Crippen molar-refractivity contribution < 1.29 is 14.2 Å². The predicted octanol–water partition coefficient (Wildman–Crippen LogP) is 2.63. The maximum absolute atomic E-state index is 12.3. The van der Waals surface area contributed by atoms with Crippen LogP contribution in [0.1, 0.15) is 30.0 Å². The highest BCUT2D eigenvalue weighted by atomic mass is 16.5. The molecule has 9 heteroatoms. The number of hydrogen-bond donors (Lipinski definition) is 1. The minimum absolute atomic E-state index is 0.156. The Morgan fingerprint density at radius 3 is 2.53 bits per heavy atom. The van der Waals surface area contributed by atoms with Gasteiger partial charge in [0.05, 0.1) is 33.2 Å². The van der Waals surface area contributed by atoms with Crippen LogP contribution in [-0.4, -0.2) is 59.3 Å². The van der Waals surface area contributed by atoms with Gasteiger partial charge in [-0.15, -0.1) is 0 Å². The number of methoxy groups -OCH3 is 3. The van der Waals surface area contributed by atoms with Gasteiger partial charge in [0.25, 0.3) is 5.56 Å². The quantitative estimate of drug-likeness (QED) is 0.602. The minimum atomic E-state index is -0.183. The van der Waals surface area contributed by atoms with Crippen molar-refractivity contribution in [1.29, 1.82) is 0 Å². The summed E-state index contributed by atoms with van der Waals surface area (Å²) < 4.78 is 16.4. The van der Waals surface area contributed by atoms with Crippen molar-refractivity contribution in [1.82, 2.24) is 24.8 Å². The van der Waals surface area contributed by atoms with Crippen LogP contribution in [0.5, 0.6) is 17.2 Å². The van der Waals surface area contributed by atoms with Crippen LogP contribution in [0, 0.1) is 0 Å². The molecule has 32 heavy (non-hydrogen) atoms. The number of benzene rings is 1. The molecule has 0 unspecified atom stereocenters. The van der Waals surface area contributed by atoms with Crippen molar-refractivity contribution >= 4 is 0 Å². The van der Waals surface area contributed by atoms with Crippen LogP contribution >= 0.6 is 0 Å². The highest BCUT2D eigenvalue weighted by Gasteiger charge is 2.24.